The molecular weight excluding hydrogens is 512 g/mol. The first-order valence-electron chi connectivity index (χ1n) is 11.2. The van der Waals surface area contributed by atoms with Crippen LogP contribution in [0.3, 0.4) is 0 Å². The van der Waals surface area contributed by atoms with Gasteiger partial charge in [-0.1, -0.05) is 17.8 Å². The van der Waals surface area contributed by atoms with Gasteiger partial charge in [-0.15, -0.1) is 21.5 Å². The highest BCUT2D eigenvalue weighted by atomic mass is 32.2. The van der Waals surface area contributed by atoms with Gasteiger partial charge in [0, 0.05) is 16.0 Å². The van der Waals surface area contributed by atoms with E-state index in [1.54, 1.807) is 51.9 Å². The van der Waals surface area contributed by atoms with Crippen molar-refractivity contribution in [1.29, 1.82) is 0 Å². The van der Waals surface area contributed by atoms with E-state index in [2.05, 4.69) is 15.5 Å². The molecule has 0 aliphatic heterocycles. The number of methoxy groups -OCH3 is 4. The molecule has 4 aromatic rings. The highest BCUT2D eigenvalue weighted by Crippen LogP contribution is 2.38. The quantitative estimate of drug-likeness (QED) is 0.272. The summed E-state index contributed by atoms with van der Waals surface area (Å²) in [6.07, 6.45) is 0. The molecule has 0 fully saturated rings. The average molecular weight is 539 g/mol. The number of hydrogen-bond donors (Lipinski definition) is 1. The first-order chi connectivity index (χ1) is 18.1. The summed E-state index contributed by atoms with van der Waals surface area (Å²) in [5.74, 6) is 2.35. The number of rotatable bonds is 11. The molecular formula is C26H26N4O5S2. The number of ether oxygens (including phenoxy) is 4. The molecule has 1 amide bonds. The van der Waals surface area contributed by atoms with Crippen LogP contribution in [0.25, 0.3) is 22.5 Å². The second kappa shape index (κ2) is 12.4. The molecule has 4 rings (SSSR count). The standard InChI is InChI=1S/C26H26N4O5S2/c1-32-19-9-7-16(12-21(19)34-3)24-25(17-8-10-20(33-2)22(13-17)35-4)29-30-26(28-24)37-15-23(31)27-14-18-6-5-11-36-18/h5-13H,14-15H2,1-4H3,(H,27,31). The lowest BCUT2D eigenvalue weighted by Gasteiger charge is -2.14. The predicted octanol–water partition coefficient (Wildman–Crippen LogP) is 4.71. The highest BCUT2D eigenvalue weighted by Gasteiger charge is 2.18. The predicted molar refractivity (Wildman–Crippen MR) is 144 cm³/mol. The first kappa shape index (κ1) is 26.2. The number of amides is 1. The zero-order chi connectivity index (χ0) is 26.2. The van der Waals surface area contributed by atoms with Gasteiger partial charge in [-0.2, -0.15) is 0 Å². The van der Waals surface area contributed by atoms with Crippen molar-refractivity contribution >= 4 is 29.0 Å². The highest BCUT2D eigenvalue weighted by molar-refractivity contribution is 7.99. The van der Waals surface area contributed by atoms with Gasteiger partial charge in [-0.3, -0.25) is 4.79 Å². The monoisotopic (exact) mass is 538 g/mol. The smallest absolute Gasteiger partial charge is 0.230 e. The molecule has 0 aliphatic carbocycles. The summed E-state index contributed by atoms with van der Waals surface area (Å²) in [6.45, 7) is 0.491. The molecule has 0 radical (unpaired) electrons. The van der Waals surface area contributed by atoms with Crippen LogP contribution in [0.2, 0.25) is 0 Å². The number of benzene rings is 2. The summed E-state index contributed by atoms with van der Waals surface area (Å²) < 4.78 is 21.7. The minimum absolute atomic E-state index is 0.112. The molecule has 0 saturated heterocycles. The summed E-state index contributed by atoms with van der Waals surface area (Å²) >= 11 is 2.81. The molecule has 192 valence electrons. The fourth-order valence-corrected chi connectivity index (χ4v) is 4.78. The van der Waals surface area contributed by atoms with Crippen LogP contribution in [-0.2, 0) is 11.3 Å². The lowest BCUT2D eigenvalue weighted by Crippen LogP contribution is -2.24. The van der Waals surface area contributed by atoms with Gasteiger partial charge >= 0.3 is 0 Å². The van der Waals surface area contributed by atoms with E-state index in [4.69, 9.17) is 23.9 Å². The van der Waals surface area contributed by atoms with E-state index in [0.717, 1.165) is 16.0 Å². The van der Waals surface area contributed by atoms with E-state index in [1.165, 1.54) is 11.8 Å². The van der Waals surface area contributed by atoms with Crippen molar-refractivity contribution < 1.29 is 23.7 Å². The molecule has 0 unspecified atom stereocenters. The van der Waals surface area contributed by atoms with E-state index < -0.39 is 0 Å². The summed E-state index contributed by atoms with van der Waals surface area (Å²) in [4.78, 5) is 18.2. The number of hydrogen-bond acceptors (Lipinski definition) is 10. The minimum Gasteiger partial charge on any atom is -0.493 e. The second-order valence-corrected chi connectivity index (χ2v) is 9.55. The molecule has 2 aromatic heterocycles. The number of thiophene rings is 1. The fraction of sp³-hybridized carbons (Fsp3) is 0.231. The number of aromatic nitrogens is 3. The van der Waals surface area contributed by atoms with Crippen molar-refractivity contribution in [1.82, 2.24) is 20.5 Å². The third-order valence-electron chi connectivity index (χ3n) is 5.35. The number of carbonyl (C=O) groups is 1. The lowest BCUT2D eigenvalue weighted by molar-refractivity contribution is -0.118. The van der Waals surface area contributed by atoms with Crippen LogP contribution in [0.5, 0.6) is 23.0 Å². The number of nitrogens with one attached hydrogen (secondary N) is 1. The third-order valence-corrected chi connectivity index (χ3v) is 7.07. The summed E-state index contributed by atoms with van der Waals surface area (Å²) in [6, 6.07) is 14.9. The third kappa shape index (κ3) is 6.30. The SMILES string of the molecule is COc1ccc(-c2nnc(SCC(=O)NCc3cccs3)nc2-c2ccc(OC)c(OC)c2)cc1OC. The van der Waals surface area contributed by atoms with Gasteiger partial charge in [0.05, 0.1) is 40.7 Å². The van der Waals surface area contributed by atoms with Crippen molar-refractivity contribution in [3.05, 3.63) is 58.8 Å². The van der Waals surface area contributed by atoms with Crippen molar-refractivity contribution in [3.63, 3.8) is 0 Å². The Morgan fingerprint density at radius 3 is 2.03 bits per heavy atom. The molecule has 1 N–H and O–H groups in total. The van der Waals surface area contributed by atoms with E-state index in [1.807, 2.05) is 41.8 Å². The number of nitrogens with zero attached hydrogens (tertiary/aromatic N) is 3. The minimum atomic E-state index is -0.112. The van der Waals surface area contributed by atoms with E-state index >= 15 is 0 Å². The van der Waals surface area contributed by atoms with Gasteiger partial charge < -0.3 is 24.3 Å². The molecule has 0 atom stereocenters. The Balaban J connectivity index is 1.66. The van der Waals surface area contributed by atoms with Crippen molar-refractivity contribution in [2.24, 2.45) is 0 Å². The van der Waals surface area contributed by atoms with Crippen molar-refractivity contribution in [2.75, 3.05) is 34.2 Å². The molecule has 11 heteroatoms. The van der Waals surface area contributed by atoms with Gasteiger partial charge in [0.2, 0.25) is 11.1 Å². The van der Waals surface area contributed by atoms with Crippen LogP contribution in [0.4, 0.5) is 0 Å². The largest absolute Gasteiger partial charge is 0.493 e. The van der Waals surface area contributed by atoms with E-state index in [9.17, 15) is 4.79 Å². The number of thioether (sulfide) groups is 1. The Morgan fingerprint density at radius 2 is 1.46 bits per heavy atom. The van der Waals surface area contributed by atoms with Crippen LogP contribution in [0.15, 0.2) is 59.1 Å². The zero-order valence-electron chi connectivity index (χ0n) is 20.8. The summed E-state index contributed by atoms with van der Waals surface area (Å²) in [7, 11) is 6.31. The molecule has 2 aromatic carbocycles. The van der Waals surface area contributed by atoms with Gasteiger partial charge in [0.15, 0.2) is 23.0 Å². The Labute approximate surface area is 223 Å². The first-order valence-corrected chi connectivity index (χ1v) is 13.0. The normalized spacial score (nSPS) is 10.6. The maximum atomic E-state index is 12.4. The lowest BCUT2D eigenvalue weighted by atomic mass is 10.0. The Hall–Kier alpha value is -3.83. The zero-order valence-corrected chi connectivity index (χ0v) is 22.4. The van der Waals surface area contributed by atoms with E-state index in [0.29, 0.717) is 46.1 Å². The van der Waals surface area contributed by atoms with Gasteiger partial charge in [-0.25, -0.2) is 4.98 Å². The molecule has 0 saturated carbocycles. The summed E-state index contributed by atoms with van der Waals surface area (Å²) in [5.41, 5.74) is 2.61. The van der Waals surface area contributed by atoms with Gasteiger partial charge in [0.25, 0.3) is 0 Å². The maximum absolute atomic E-state index is 12.4. The van der Waals surface area contributed by atoms with Crippen LogP contribution < -0.4 is 24.3 Å². The van der Waals surface area contributed by atoms with Crippen LogP contribution in [-0.4, -0.2) is 55.3 Å². The number of carbonyl (C=O) groups excluding carboxylic acids is 1. The molecule has 0 bridgehead atoms. The van der Waals surface area contributed by atoms with Crippen LogP contribution in [0, 0.1) is 0 Å². The van der Waals surface area contributed by atoms with Crippen LogP contribution in [0.1, 0.15) is 4.88 Å². The Bertz CT molecular complexity index is 1370. The van der Waals surface area contributed by atoms with Gasteiger partial charge in [-0.05, 0) is 47.8 Å². The average Bonchev–Trinajstić information content (AvgIpc) is 3.48. The van der Waals surface area contributed by atoms with E-state index in [-0.39, 0.29) is 11.7 Å². The van der Waals surface area contributed by atoms with Gasteiger partial charge in [0.1, 0.15) is 11.4 Å². The van der Waals surface area contributed by atoms with Crippen molar-refractivity contribution in [2.45, 2.75) is 11.7 Å². The topological polar surface area (TPSA) is 105 Å². The fourth-order valence-electron chi connectivity index (χ4n) is 3.51. The molecule has 2 heterocycles. The molecule has 0 spiro atoms. The molecule has 37 heavy (non-hydrogen) atoms. The Morgan fingerprint density at radius 1 is 0.838 bits per heavy atom. The molecule has 9 nitrogen and oxygen atoms in total. The van der Waals surface area contributed by atoms with Crippen molar-refractivity contribution in [3.8, 4) is 45.5 Å². The van der Waals surface area contributed by atoms with Crippen LogP contribution >= 0.6 is 23.1 Å². The molecule has 0 aliphatic rings. The Kier molecular flexibility index (Phi) is 8.81. The second-order valence-electron chi connectivity index (χ2n) is 7.58. The maximum Gasteiger partial charge on any atom is 0.230 e. The summed E-state index contributed by atoms with van der Waals surface area (Å²) in [5, 5.41) is 14.0.